The third kappa shape index (κ3) is 3.76. The average molecular weight is 339 g/mol. The lowest BCUT2D eigenvalue weighted by atomic mass is 9.84. The summed E-state index contributed by atoms with van der Waals surface area (Å²) in [7, 11) is 2.24. The summed E-state index contributed by atoms with van der Waals surface area (Å²) in [6, 6.07) is 7.35. The van der Waals surface area contributed by atoms with E-state index in [1.807, 2.05) is 0 Å². The number of hydrogen-bond donors (Lipinski definition) is 1. The Balaban J connectivity index is 2.03. The van der Waals surface area contributed by atoms with E-state index in [0.717, 1.165) is 12.3 Å². The quantitative estimate of drug-likeness (QED) is 0.864. The van der Waals surface area contributed by atoms with Crippen LogP contribution in [0.4, 0.5) is 5.69 Å². The third-order valence-electron chi connectivity index (χ3n) is 4.77. The normalized spacial score (nSPS) is 22.8. The van der Waals surface area contributed by atoms with Gasteiger partial charge >= 0.3 is 0 Å². The fourth-order valence-electron chi connectivity index (χ4n) is 3.30. The minimum atomic E-state index is 0.689. The van der Waals surface area contributed by atoms with E-state index < -0.39 is 0 Å². The Labute approximate surface area is 131 Å². The van der Waals surface area contributed by atoms with Crippen LogP contribution in [0.15, 0.2) is 22.7 Å². The first-order valence-electron chi connectivity index (χ1n) is 7.87. The van der Waals surface area contributed by atoms with Gasteiger partial charge in [-0.15, -0.1) is 0 Å². The van der Waals surface area contributed by atoms with Crippen LogP contribution < -0.4 is 10.6 Å². The van der Waals surface area contributed by atoms with Gasteiger partial charge in [-0.3, -0.25) is 0 Å². The molecule has 20 heavy (non-hydrogen) atoms. The van der Waals surface area contributed by atoms with Crippen molar-refractivity contribution in [3.05, 3.63) is 28.2 Å². The molecule has 0 heterocycles. The van der Waals surface area contributed by atoms with E-state index in [0.29, 0.717) is 12.6 Å². The molecular weight excluding hydrogens is 312 g/mol. The predicted molar refractivity (Wildman–Crippen MR) is 91.3 cm³/mol. The summed E-state index contributed by atoms with van der Waals surface area (Å²) in [5, 5.41) is 0. The fraction of sp³-hybridized carbons (Fsp3) is 0.647. The maximum absolute atomic E-state index is 5.63. The average Bonchev–Trinajstić information content (AvgIpc) is 2.47. The summed E-state index contributed by atoms with van der Waals surface area (Å²) >= 11 is 3.73. The van der Waals surface area contributed by atoms with Crippen molar-refractivity contribution in [3.8, 4) is 0 Å². The molecule has 2 nitrogen and oxygen atoms in total. The Morgan fingerprint density at radius 3 is 2.50 bits per heavy atom. The molecule has 1 aliphatic rings. The summed E-state index contributed by atoms with van der Waals surface area (Å²) in [6.45, 7) is 3.03. The van der Waals surface area contributed by atoms with Crippen molar-refractivity contribution in [1.82, 2.24) is 0 Å². The minimum Gasteiger partial charge on any atom is -0.371 e. The molecule has 1 aromatic carbocycles. The Bertz CT molecular complexity index is 425. The molecule has 0 aromatic heterocycles. The predicted octanol–water partition coefficient (Wildman–Crippen LogP) is 4.36. The molecule has 2 N–H and O–H groups in total. The van der Waals surface area contributed by atoms with Crippen LogP contribution in [0.1, 0.15) is 44.6 Å². The van der Waals surface area contributed by atoms with Gasteiger partial charge < -0.3 is 10.6 Å². The molecule has 0 unspecified atom stereocenters. The van der Waals surface area contributed by atoms with E-state index in [1.54, 1.807) is 0 Å². The van der Waals surface area contributed by atoms with Crippen molar-refractivity contribution >= 4 is 21.6 Å². The molecule has 0 bridgehead atoms. The lowest BCUT2D eigenvalue weighted by molar-refractivity contribution is 0.313. The zero-order valence-corrected chi connectivity index (χ0v) is 14.3. The monoisotopic (exact) mass is 338 g/mol. The number of nitrogens with two attached hydrogens (primary N) is 1. The molecule has 0 aliphatic heterocycles. The van der Waals surface area contributed by atoms with E-state index in [2.05, 4.69) is 53.0 Å². The fourth-order valence-corrected chi connectivity index (χ4v) is 4.00. The lowest BCUT2D eigenvalue weighted by Gasteiger charge is -2.36. The Hall–Kier alpha value is -0.540. The van der Waals surface area contributed by atoms with Crippen LogP contribution in [0, 0.1) is 5.92 Å². The van der Waals surface area contributed by atoms with Crippen LogP contribution in [-0.2, 0) is 6.42 Å². The number of anilines is 1. The Morgan fingerprint density at radius 2 is 1.95 bits per heavy atom. The number of nitrogens with zero attached hydrogens (tertiary/aromatic N) is 1. The summed E-state index contributed by atoms with van der Waals surface area (Å²) < 4.78 is 1.20. The van der Waals surface area contributed by atoms with E-state index in [9.17, 15) is 0 Å². The Kier molecular flexibility index (Phi) is 5.91. The highest BCUT2D eigenvalue weighted by atomic mass is 79.9. The van der Waals surface area contributed by atoms with Crippen LogP contribution in [0.3, 0.4) is 0 Å². The van der Waals surface area contributed by atoms with Crippen LogP contribution in [-0.4, -0.2) is 19.6 Å². The molecule has 0 atom stereocenters. The van der Waals surface area contributed by atoms with Gasteiger partial charge in [0.2, 0.25) is 0 Å². The van der Waals surface area contributed by atoms with Crippen molar-refractivity contribution in [2.75, 3.05) is 18.5 Å². The number of rotatable bonds is 5. The van der Waals surface area contributed by atoms with Gasteiger partial charge in [0.1, 0.15) is 0 Å². The Morgan fingerprint density at radius 1 is 1.25 bits per heavy atom. The van der Waals surface area contributed by atoms with Gasteiger partial charge in [0.25, 0.3) is 0 Å². The van der Waals surface area contributed by atoms with Crippen LogP contribution in [0.5, 0.6) is 0 Å². The molecule has 1 saturated carbocycles. The number of hydrogen-bond acceptors (Lipinski definition) is 2. The van der Waals surface area contributed by atoms with Gasteiger partial charge in [0.05, 0.1) is 5.69 Å². The van der Waals surface area contributed by atoms with Gasteiger partial charge in [0.15, 0.2) is 0 Å². The molecule has 2 rings (SSSR count). The molecule has 0 saturated heterocycles. The van der Waals surface area contributed by atoms with Crippen LogP contribution in [0.2, 0.25) is 0 Å². The molecule has 1 aliphatic carbocycles. The summed E-state index contributed by atoms with van der Waals surface area (Å²) in [5.74, 6) is 0.954. The smallest absolute Gasteiger partial charge is 0.0510 e. The summed E-state index contributed by atoms with van der Waals surface area (Å²) in [6.07, 6.45) is 7.71. The van der Waals surface area contributed by atoms with Gasteiger partial charge in [0, 0.05) is 17.6 Å². The molecule has 112 valence electrons. The first-order valence-corrected chi connectivity index (χ1v) is 8.66. The maximum Gasteiger partial charge on any atom is 0.0510 e. The SMILES string of the molecule is CCC1CCC(N(C)c2ccc(CCN)cc2Br)CC1. The van der Waals surface area contributed by atoms with Crippen molar-refractivity contribution < 1.29 is 0 Å². The number of halogens is 1. The second-order valence-electron chi connectivity index (χ2n) is 6.02. The van der Waals surface area contributed by atoms with Crippen molar-refractivity contribution in [3.63, 3.8) is 0 Å². The van der Waals surface area contributed by atoms with E-state index in [1.165, 1.54) is 47.8 Å². The highest BCUT2D eigenvalue weighted by molar-refractivity contribution is 9.10. The zero-order chi connectivity index (χ0) is 14.5. The van der Waals surface area contributed by atoms with Crippen LogP contribution >= 0.6 is 15.9 Å². The molecule has 3 heteroatoms. The summed E-state index contributed by atoms with van der Waals surface area (Å²) in [5.41, 5.74) is 8.25. The van der Waals surface area contributed by atoms with Crippen molar-refractivity contribution in [2.45, 2.75) is 51.5 Å². The molecule has 1 fully saturated rings. The van der Waals surface area contributed by atoms with Crippen molar-refractivity contribution in [1.29, 1.82) is 0 Å². The zero-order valence-electron chi connectivity index (χ0n) is 12.7. The molecule has 0 amide bonds. The van der Waals surface area contributed by atoms with Gasteiger partial charge in [-0.1, -0.05) is 19.4 Å². The summed E-state index contributed by atoms with van der Waals surface area (Å²) in [4.78, 5) is 2.46. The second-order valence-corrected chi connectivity index (χ2v) is 6.87. The molecular formula is C17H27BrN2. The second kappa shape index (κ2) is 7.46. The lowest BCUT2D eigenvalue weighted by Crippen LogP contribution is -2.35. The van der Waals surface area contributed by atoms with E-state index in [4.69, 9.17) is 5.73 Å². The third-order valence-corrected chi connectivity index (χ3v) is 5.40. The van der Waals surface area contributed by atoms with Crippen LogP contribution in [0.25, 0.3) is 0 Å². The highest BCUT2D eigenvalue weighted by Gasteiger charge is 2.24. The highest BCUT2D eigenvalue weighted by Crippen LogP contribution is 2.34. The topological polar surface area (TPSA) is 29.3 Å². The van der Waals surface area contributed by atoms with Gasteiger partial charge in [-0.05, 0) is 78.2 Å². The largest absolute Gasteiger partial charge is 0.371 e. The first kappa shape index (κ1) is 15.8. The molecule has 1 aromatic rings. The van der Waals surface area contributed by atoms with Gasteiger partial charge in [-0.25, -0.2) is 0 Å². The maximum atomic E-state index is 5.63. The number of benzene rings is 1. The van der Waals surface area contributed by atoms with E-state index >= 15 is 0 Å². The molecule has 0 radical (unpaired) electrons. The standard InChI is InChI=1S/C17H27BrN2/c1-3-13-4-7-15(8-5-13)20(2)17-9-6-14(10-11-19)12-16(17)18/h6,9,12-13,15H,3-5,7-8,10-11,19H2,1-2H3. The van der Waals surface area contributed by atoms with Crippen molar-refractivity contribution in [2.24, 2.45) is 11.7 Å². The minimum absolute atomic E-state index is 0.689. The molecule has 0 spiro atoms. The van der Waals surface area contributed by atoms with E-state index in [-0.39, 0.29) is 0 Å². The first-order chi connectivity index (χ1) is 9.65. The van der Waals surface area contributed by atoms with Gasteiger partial charge in [-0.2, -0.15) is 0 Å².